The van der Waals surface area contributed by atoms with Crippen LogP contribution in [0.15, 0.2) is 42.5 Å². The molecule has 0 aliphatic carbocycles. The average Bonchev–Trinajstić information content (AvgIpc) is 2.91. The molecule has 0 saturated carbocycles. The molecule has 0 saturated heterocycles. The van der Waals surface area contributed by atoms with E-state index >= 15 is 0 Å². The number of ether oxygens (including phenoxy) is 1. The number of rotatable bonds is 7. The van der Waals surface area contributed by atoms with Gasteiger partial charge in [-0.25, -0.2) is 15.6 Å². The quantitative estimate of drug-likeness (QED) is 0.309. The summed E-state index contributed by atoms with van der Waals surface area (Å²) in [7, 11) is 0. The van der Waals surface area contributed by atoms with Crippen molar-refractivity contribution < 1.29 is 14.3 Å². The SMILES string of the molecule is CC(C)(C)OC(=O)NCCCCCC1(c2ccccc2Cl)C(=O)N(N)c2ccc(Cl)cc21. The first kappa shape index (κ1) is 24.4. The molecular weight excluding hydrogens is 449 g/mol. The van der Waals surface area contributed by atoms with Crippen molar-refractivity contribution >= 4 is 40.9 Å². The highest BCUT2D eigenvalue weighted by Crippen LogP contribution is 2.50. The van der Waals surface area contributed by atoms with E-state index < -0.39 is 17.1 Å². The molecule has 0 spiro atoms. The maximum atomic E-state index is 13.5. The largest absolute Gasteiger partial charge is 0.444 e. The van der Waals surface area contributed by atoms with Gasteiger partial charge in [-0.05, 0) is 69.0 Å². The molecule has 172 valence electrons. The highest BCUT2D eigenvalue weighted by molar-refractivity contribution is 6.32. The smallest absolute Gasteiger partial charge is 0.407 e. The van der Waals surface area contributed by atoms with Crippen LogP contribution in [0.3, 0.4) is 0 Å². The Labute approximate surface area is 199 Å². The second-order valence-corrected chi connectivity index (χ2v) is 9.80. The fourth-order valence-corrected chi connectivity index (χ4v) is 4.60. The summed E-state index contributed by atoms with van der Waals surface area (Å²) in [5.41, 5.74) is 0.571. The summed E-state index contributed by atoms with van der Waals surface area (Å²) in [6.45, 7) is 5.96. The van der Waals surface area contributed by atoms with Gasteiger partial charge in [0, 0.05) is 16.6 Å². The van der Waals surface area contributed by atoms with Crippen LogP contribution in [0.5, 0.6) is 0 Å². The lowest BCUT2D eigenvalue weighted by Gasteiger charge is -2.30. The number of amides is 2. The lowest BCUT2D eigenvalue weighted by Crippen LogP contribution is -2.44. The van der Waals surface area contributed by atoms with Crippen molar-refractivity contribution in [3.8, 4) is 0 Å². The van der Waals surface area contributed by atoms with Crippen molar-refractivity contribution in [2.45, 2.75) is 57.5 Å². The van der Waals surface area contributed by atoms with Gasteiger partial charge in [0.2, 0.25) is 0 Å². The molecule has 0 fully saturated rings. The molecule has 2 aromatic carbocycles. The molecule has 1 unspecified atom stereocenters. The number of carbonyl (C=O) groups is 2. The van der Waals surface area contributed by atoms with Gasteiger partial charge in [0.15, 0.2) is 0 Å². The number of alkyl carbamates (subject to hydrolysis) is 1. The van der Waals surface area contributed by atoms with Gasteiger partial charge in [0.25, 0.3) is 5.91 Å². The maximum absolute atomic E-state index is 13.5. The van der Waals surface area contributed by atoms with Crippen LogP contribution in [0.4, 0.5) is 10.5 Å². The predicted octanol–water partition coefficient (Wildman–Crippen LogP) is 5.58. The van der Waals surface area contributed by atoms with Gasteiger partial charge < -0.3 is 10.1 Å². The standard InChI is InChI=1S/C24H29Cl2N3O3/c1-23(2,3)32-22(31)28-14-8-4-7-13-24(17-9-5-6-10-19(17)26)18-15-16(25)11-12-20(18)29(27)21(24)30/h5-6,9-12,15H,4,7-8,13-14,27H2,1-3H3,(H,28,31). The van der Waals surface area contributed by atoms with Gasteiger partial charge in [0.1, 0.15) is 11.0 Å². The van der Waals surface area contributed by atoms with Crippen molar-refractivity contribution in [1.82, 2.24) is 5.32 Å². The molecule has 1 atom stereocenters. The van der Waals surface area contributed by atoms with Gasteiger partial charge in [-0.15, -0.1) is 0 Å². The highest BCUT2D eigenvalue weighted by Gasteiger charge is 2.52. The van der Waals surface area contributed by atoms with Crippen LogP contribution < -0.4 is 16.2 Å². The molecule has 2 amide bonds. The molecule has 1 aliphatic rings. The van der Waals surface area contributed by atoms with Crippen molar-refractivity contribution in [1.29, 1.82) is 0 Å². The Bertz CT molecular complexity index is 1010. The van der Waals surface area contributed by atoms with E-state index in [2.05, 4.69) is 5.32 Å². The molecule has 3 N–H and O–H groups in total. The first-order chi connectivity index (χ1) is 15.1. The molecule has 1 heterocycles. The lowest BCUT2D eigenvalue weighted by atomic mass is 9.71. The number of nitrogens with two attached hydrogens (primary N) is 1. The number of unbranched alkanes of at least 4 members (excludes halogenated alkanes) is 2. The van der Waals surface area contributed by atoms with Crippen LogP contribution >= 0.6 is 23.2 Å². The number of hydrogen-bond acceptors (Lipinski definition) is 4. The molecule has 0 radical (unpaired) electrons. The van der Waals surface area contributed by atoms with Crippen LogP contribution in [0, 0.1) is 0 Å². The second-order valence-electron chi connectivity index (χ2n) is 8.96. The fourth-order valence-electron chi connectivity index (χ4n) is 4.13. The zero-order valence-corrected chi connectivity index (χ0v) is 20.1. The van der Waals surface area contributed by atoms with Crippen LogP contribution in [-0.2, 0) is 14.9 Å². The molecule has 2 aromatic rings. The Balaban J connectivity index is 1.76. The van der Waals surface area contributed by atoms with E-state index in [1.165, 1.54) is 5.01 Å². The minimum atomic E-state index is -1.01. The monoisotopic (exact) mass is 477 g/mol. The van der Waals surface area contributed by atoms with E-state index in [4.69, 9.17) is 33.8 Å². The zero-order valence-electron chi connectivity index (χ0n) is 18.6. The molecule has 6 nitrogen and oxygen atoms in total. The summed E-state index contributed by atoms with van der Waals surface area (Å²) in [4.78, 5) is 25.3. The fraction of sp³-hybridized carbons (Fsp3) is 0.417. The van der Waals surface area contributed by atoms with E-state index in [1.54, 1.807) is 24.3 Å². The number of nitrogens with zero attached hydrogens (tertiary/aromatic N) is 1. The Morgan fingerprint density at radius 2 is 1.81 bits per heavy atom. The molecule has 3 rings (SSSR count). The van der Waals surface area contributed by atoms with Crippen molar-refractivity contribution in [2.75, 3.05) is 11.6 Å². The number of nitrogens with one attached hydrogen (secondary N) is 1. The van der Waals surface area contributed by atoms with E-state index in [0.717, 1.165) is 30.4 Å². The zero-order chi connectivity index (χ0) is 23.5. The Morgan fingerprint density at radius 1 is 1.09 bits per heavy atom. The van der Waals surface area contributed by atoms with Crippen LogP contribution in [0.2, 0.25) is 10.0 Å². The van der Waals surface area contributed by atoms with Gasteiger partial charge in [0.05, 0.1) is 5.69 Å². The second kappa shape index (κ2) is 9.69. The van der Waals surface area contributed by atoms with E-state index in [0.29, 0.717) is 28.7 Å². The topological polar surface area (TPSA) is 84.7 Å². The lowest BCUT2D eigenvalue weighted by molar-refractivity contribution is -0.122. The van der Waals surface area contributed by atoms with E-state index in [-0.39, 0.29) is 5.91 Å². The Morgan fingerprint density at radius 3 is 2.50 bits per heavy atom. The van der Waals surface area contributed by atoms with E-state index in [9.17, 15) is 9.59 Å². The molecule has 0 bridgehead atoms. The average molecular weight is 478 g/mol. The number of fused-ring (bicyclic) bond motifs is 1. The van der Waals surface area contributed by atoms with Gasteiger partial charge in [-0.3, -0.25) is 4.79 Å². The molecular formula is C24H29Cl2N3O3. The molecule has 8 heteroatoms. The summed E-state index contributed by atoms with van der Waals surface area (Å²) in [5, 5.41) is 5.00. The van der Waals surface area contributed by atoms with Gasteiger partial charge in [-0.2, -0.15) is 0 Å². The maximum Gasteiger partial charge on any atom is 0.407 e. The Hall–Kier alpha value is -2.28. The third kappa shape index (κ3) is 5.03. The number of halogens is 2. The van der Waals surface area contributed by atoms with Gasteiger partial charge >= 0.3 is 6.09 Å². The summed E-state index contributed by atoms with van der Waals surface area (Å²) in [6.07, 6.45) is 2.37. The van der Waals surface area contributed by atoms with Crippen molar-refractivity contribution in [2.24, 2.45) is 5.84 Å². The molecule has 32 heavy (non-hydrogen) atoms. The predicted molar refractivity (Wildman–Crippen MR) is 128 cm³/mol. The van der Waals surface area contributed by atoms with Crippen LogP contribution in [0.1, 0.15) is 57.6 Å². The van der Waals surface area contributed by atoms with Crippen LogP contribution in [-0.4, -0.2) is 24.1 Å². The number of anilines is 1. The minimum absolute atomic E-state index is 0.227. The molecule has 1 aliphatic heterocycles. The molecule has 0 aromatic heterocycles. The van der Waals surface area contributed by atoms with Crippen molar-refractivity contribution in [3.05, 3.63) is 63.6 Å². The number of hydrogen-bond donors (Lipinski definition) is 2. The normalized spacial score (nSPS) is 17.9. The first-order valence-corrected chi connectivity index (χ1v) is 11.4. The van der Waals surface area contributed by atoms with Gasteiger partial charge in [-0.1, -0.05) is 54.2 Å². The summed E-state index contributed by atoms with van der Waals surface area (Å²) >= 11 is 12.9. The minimum Gasteiger partial charge on any atom is -0.444 e. The summed E-state index contributed by atoms with van der Waals surface area (Å²) in [6, 6.07) is 12.6. The number of hydrazine groups is 1. The van der Waals surface area contributed by atoms with Crippen LogP contribution in [0.25, 0.3) is 0 Å². The van der Waals surface area contributed by atoms with Crippen molar-refractivity contribution in [3.63, 3.8) is 0 Å². The highest BCUT2D eigenvalue weighted by atomic mass is 35.5. The third-order valence-electron chi connectivity index (χ3n) is 5.49. The Kier molecular flexibility index (Phi) is 7.38. The van der Waals surface area contributed by atoms with E-state index in [1.807, 2.05) is 39.0 Å². The third-order valence-corrected chi connectivity index (χ3v) is 6.06. The summed E-state index contributed by atoms with van der Waals surface area (Å²) in [5.74, 6) is 5.95. The first-order valence-electron chi connectivity index (χ1n) is 10.7. The number of benzene rings is 2. The number of carbonyl (C=O) groups excluding carboxylic acids is 2. The summed E-state index contributed by atoms with van der Waals surface area (Å²) < 4.78 is 5.25.